The fourth-order valence-electron chi connectivity index (χ4n) is 9.35. The number of hydrogen-bond acceptors (Lipinski definition) is 14. The smallest absolute Gasteiger partial charge is 0.415 e. The Morgan fingerprint density at radius 3 is 2.23 bits per heavy atom. The summed E-state index contributed by atoms with van der Waals surface area (Å²) in [7, 11) is 3.05. The molecule has 0 bridgehead atoms. The number of pyridine rings is 2. The number of fused-ring (bicyclic) bond motifs is 5. The van der Waals surface area contributed by atoms with Crippen LogP contribution in [-0.4, -0.2) is 118 Å². The normalized spacial score (nSPS) is 14.9. The largest absolute Gasteiger partial charge is 0.458 e. The number of aromatic nitrogens is 2. The van der Waals surface area contributed by atoms with Gasteiger partial charge in [-0.05, 0) is 78.8 Å². The van der Waals surface area contributed by atoms with Gasteiger partial charge in [0.05, 0.1) is 29.0 Å². The van der Waals surface area contributed by atoms with Crippen molar-refractivity contribution in [2.75, 3.05) is 39.0 Å². The van der Waals surface area contributed by atoms with Crippen LogP contribution in [0.15, 0.2) is 83.7 Å². The van der Waals surface area contributed by atoms with Crippen LogP contribution >= 0.6 is 0 Å². The molecule has 2 aliphatic rings. The minimum absolute atomic E-state index is 0.0144. The van der Waals surface area contributed by atoms with E-state index in [0.717, 1.165) is 22.1 Å². The summed E-state index contributed by atoms with van der Waals surface area (Å²) in [5.41, 5.74) is 8.43. The van der Waals surface area contributed by atoms with Crippen LogP contribution in [0.1, 0.15) is 93.2 Å². The van der Waals surface area contributed by atoms with Gasteiger partial charge in [0.2, 0.25) is 17.7 Å². The molecule has 0 spiro atoms. The summed E-state index contributed by atoms with van der Waals surface area (Å²) in [4.78, 5) is 124. The van der Waals surface area contributed by atoms with Crippen molar-refractivity contribution in [3.05, 3.63) is 123 Å². The topological polar surface area (TPSA) is 300 Å². The van der Waals surface area contributed by atoms with Gasteiger partial charge in [-0.2, -0.15) is 0 Å². The Hall–Kier alpha value is -8.66. The van der Waals surface area contributed by atoms with Gasteiger partial charge in [0.25, 0.3) is 5.56 Å². The molecule has 0 unspecified atom stereocenters. The van der Waals surface area contributed by atoms with E-state index in [0.29, 0.717) is 34.6 Å². The lowest BCUT2D eigenvalue weighted by molar-refractivity contribution is -0.172. The van der Waals surface area contributed by atoms with E-state index >= 15 is 0 Å². The van der Waals surface area contributed by atoms with Gasteiger partial charge in [-0.15, -0.1) is 0 Å². The van der Waals surface area contributed by atoms with E-state index in [1.54, 1.807) is 98.1 Å². The maximum absolute atomic E-state index is 13.8. The van der Waals surface area contributed by atoms with E-state index in [4.69, 9.17) is 24.9 Å². The van der Waals surface area contributed by atoms with Crippen LogP contribution in [0.5, 0.6) is 5.75 Å². The second-order valence-corrected chi connectivity index (χ2v) is 19.9. The lowest BCUT2D eigenvalue weighted by Crippen LogP contribution is -2.53. The molecule has 79 heavy (non-hydrogen) atoms. The van der Waals surface area contributed by atoms with Crippen LogP contribution in [0.25, 0.3) is 22.3 Å². The third-order valence-electron chi connectivity index (χ3n) is 14.1. The molecule has 2 aliphatic heterocycles. The Bertz CT molecular complexity index is 3200. The number of Topliss-reactive ketones (excluding diaryl/α,β-unsaturated/α-hetero) is 1. The number of rotatable bonds is 23. The average Bonchev–Trinajstić information content (AvgIpc) is 3.80. The number of aliphatic hydroxyl groups is 1. The quantitative estimate of drug-likeness (QED) is 0.0366. The summed E-state index contributed by atoms with van der Waals surface area (Å²) in [5, 5.41) is 22.7. The van der Waals surface area contributed by atoms with Crippen LogP contribution in [0.2, 0.25) is 0 Å². The maximum atomic E-state index is 13.8. The van der Waals surface area contributed by atoms with Gasteiger partial charge >= 0.3 is 24.2 Å². The molecule has 0 radical (unpaired) electrons. The Morgan fingerprint density at radius 2 is 1.56 bits per heavy atom. The molecule has 0 aliphatic carbocycles. The van der Waals surface area contributed by atoms with Gasteiger partial charge < -0.3 is 60.7 Å². The van der Waals surface area contributed by atoms with Gasteiger partial charge in [0, 0.05) is 81.1 Å². The number of nitrogens with one attached hydrogen (secondary N) is 4. The molecule has 7 amide bonds. The van der Waals surface area contributed by atoms with Crippen molar-refractivity contribution in [2.45, 2.75) is 110 Å². The minimum atomic E-state index is -1.95. The highest BCUT2D eigenvalue weighted by Crippen LogP contribution is 2.41. The summed E-state index contributed by atoms with van der Waals surface area (Å²) in [5.74, 6) is -2.57. The summed E-state index contributed by atoms with van der Waals surface area (Å²) < 4.78 is 18.1. The molecule has 418 valence electrons. The number of urea groups is 1. The number of esters is 1. The number of anilines is 1. The summed E-state index contributed by atoms with van der Waals surface area (Å²) in [6, 6.07) is 19.3. The van der Waals surface area contributed by atoms with Gasteiger partial charge in [-0.25, -0.2) is 24.2 Å². The van der Waals surface area contributed by atoms with Gasteiger partial charge in [0.1, 0.15) is 36.8 Å². The van der Waals surface area contributed by atoms with Gasteiger partial charge in [0.15, 0.2) is 5.60 Å². The zero-order valence-corrected chi connectivity index (χ0v) is 45.1. The predicted molar refractivity (Wildman–Crippen MR) is 290 cm³/mol. The van der Waals surface area contributed by atoms with Crippen molar-refractivity contribution in [3.63, 3.8) is 0 Å². The fourth-order valence-corrected chi connectivity index (χ4v) is 9.35. The highest BCUT2D eigenvalue weighted by Gasteiger charge is 2.45. The molecule has 0 saturated heterocycles. The Balaban J connectivity index is 0.913. The van der Waals surface area contributed by atoms with Crippen molar-refractivity contribution < 1.29 is 57.7 Å². The maximum Gasteiger partial charge on any atom is 0.415 e. The second-order valence-electron chi connectivity index (χ2n) is 19.9. The van der Waals surface area contributed by atoms with Crippen LogP contribution in [0, 0.1) is 5.92 Å². The molecule has 2 aromatic heterocycles. The first-order valence-corrected chi connectivity index (χ1v) is 26.2. The van der Waals surface area contributed by atoms with E-state index in [9.17, 15) is 48.3 Å². The number of cyclic esters (lactones) is 1. The number of benzene rings is 3. The number of amides is 7. The van der Waals surface area contributed by atoms with E-state index in [1.165, 1.54) is 23.9 Å². The minimum Gasteiger partial charge on any atom is -0.458 e. The van der Waals surface area contributed by atoms with Crippen molar-refractivity contribution in [3.8, 4) is 17.1 Å². The van der Waals surface area contributed by atoms with E-state index in [1.807, 2.05) is 13.0 Å². The number of carbonyl (C=O) groups is 8. The first-order chi connectivity index (χ1) is 37.7. The number of hydrogen-bond donors (Lipinski definition) is 6. The summed E-state index contributed by atoms with van der Waals surface area (Å²) in [6.07, 6.45) is -0.380. The first kappa shape index (κ1) is 58.0. The zero-order valence-electron chi connectivity index (χ0n) is 45.1. The molecular formula is C57H67N9O13. The van der Waals surface area contributed by atoms with Crippen LogP contribution in [-0.2, 0) is 71.6 Å². The molecule has 3 atom stereocenters. The van der Waals surface area contributed by atoms with Crippen molar-refractivity contribution in [1.29, 1.82) is 0 Å². The average molecular weight is 1090 g/mol. The molecule has 7 N–H and O–H groups in total. The third kappa shape index (κ3) is 13.9. The standard InChI is InChI=1S/C57H67N9O13/c1-7-38-39-28-37(20-21-43(39)62-49-40(38)30-66-46(49)29-42-41(52(66)71)32-77-53(72)57(42,76)8-2)79-56(75)65(6)26-25-64(5)55(74)78-31-35-16-18-36(19-17-35)60-50(69)44(15-12-24-59-54(58)73)63-51(70)45(27-34-13-10-9-11-14-34)61-48(68)23-22-47(67)33(3)4/h9-11,13-14,16-21,28-29,33,44-45,76H,7-8,12,15,22-27,30-32H2,1-6H3,(H,60,69)(H,61,68)(H,63,70)(H3,58,59,73)/t44-,45-,57-/m0/s1. The monoisotopic (exact) mass is 1090 g/mol. The highest BCUT2D eigenvalue weighted by atomic mass is 16.6. The van der Waals surface area contributed by atoms with Crippen molar-refractivity contribution >= 4 is 64.3 Å². The predicted octanol–water partition coefficient (Wildman–Crippen LogP) is 4.95. The van der Waals surface area contributed by atoms with E-state index in [2.05, 4.69) is 21.3 Å². The number of nitrogens with two attached hydrogens (primary N) is 1. The molecule has 0 fully saturated rings. The molecule has 0 saturated carbocycles. The number of primary amides is 1. The number of ketones is 1. The molecule has 22 heteroatoms. The Labute approximate surface area is 456 Å². The van der Waals surface area contributed by atoms with E-state index in [-0.39, 0.29) is 112 Å². The molecule has 22 nitrogen and oxygen atoms in total. The SMILES string of the molecule is CCc1c2c(nc3ccc(OC(=O)N(C)CCN(C)C(=O)OCc4ccc(NC(=O)[C@H](CCCNC(N)=O)NC(=O)[C@H](Cc5ccccc5)NC(=O)CCC(=O)C(C)C)cc4)cc13)-c1cc3c(c(=O)n1C2)COC(=O)[C@]3(O)CC. The molecule has 3 aromatic carbocycles. The van der Waals surface area contributed by atoms with Gasteiger partial charge in [-0.3, -0.25) is 24.0 Å². The first-order valence-electron chi connectivity index (χ1n) is 26.2. The van der Waals surface area contributed by atoms with Gasteiger partial charge in [-0.1, -0.05) is 70.2 Å². The third-order valence-corrected chi connectivity index (χ3v) is 14.1. The number of likely N-dealkylation sites (N-methyl/N-ethyl adjacent to an activating group) is 2. The summed E-state index contributed by atoms with van der Waals surface area (Å²) in [6.45, 7) is 7.28. The molecule has 4 heterocycles. The lowest BCUT2D eigenvalue weighted by atomic mass is 9.86. The van der Waals surface area contributed by atoms with Crippen LogP contribution < -0.4 is 37.3 Å². The second kappa shape index (κ2) is 25.7. The number of ether oxygens (including phenoxy) is 3. The fraction of sp³-hybridized carbons (Fsp3) is 0.404. The molecule has 7 rings (SSSR count). The molecule has 5 aromatic rings. The Morgan fingerprint density at radius 1 is 0.848 bits per heavy atom. The zero-order chi connectivity index (χ0) is 57.1. The molecular weight excluding hydrogens is 1020 g/mol. The number of aryl methyl sites for hydroxylation is 1. The number of carbonyl (C=O) groups excluding carboxylic acids is 8. The van der Waals surface area contributed by atoms with Crippen LogP contribution in [0.3, 0.4) is 0 Å². The van der Waals surface area contributed by atoms with Crippen LogP contribution in [0.4, 0.5) is 20.1 Å². The highest BCUT2D eigenvalue weighted by molar-refractivity contribution is 5.99. The number of nitrogens with zero attached hydrogens (tertiary/aromatic N) is 4. The van der Waals surface area contributed by atoms with E-state index < -0.39 is 59.6 Å². The van der Waals surface area contributed by atoms with Crippen molar-refractivity contribution in [1.82, 2.24) is 35.3 Å². The Kier molecular flexibility index (Phi) is 18.8. The van der Waals surface area contributed by atoms with Crippen molar-refractivity contribution in [2.24, 2.45) is 11.7 Å². The summed E-state index contributed by atoms with van der Waals surface area (Å²) >= 11 is 0. The lowest BCUT2D eigenvalue weighted by Gasteiger charge is -2.31.